The summed E-state index contributed by atoms with van der Waals surface area (Å²) in [5, 5.41) is 6.28. The molecule has 4 nitrogen and oxygen atoms in total. The number of rotatable bonds is 7. The van der Waals surface area contributed by atoms with Gasteiger partial charge >= 0.3 is 6.61 Å². The average Bonchev–Trinajstić information content (AvgIpc) is 2.44. The van der Waals surface area contributed by atoms with Gasteiger partial charge in [0, 0.05) is 18.7 Å². The van der Waals surface area contributed by atoms with Crippen LogP contribution in [0.3, 0.4) is 0 Å². The Balaban J connectivity index is 0.00000441. The number of nitrogens with one attached hydrogen (secondary N) is 2. The molecule has 0 saturated carbocycles. The fourth-order valence-electron chi connectivity index (χ4n) is 1.79. The third kappa shape index (κ3) is 7.77. The lowest BCUT2D eigenvalue weighted by atomic mass is 10.1. The minimum atomic E-state index is -2.83. The first-order valence-electron chi connectivity index (χ1n) is 7.13. The summed E-state index contributed by atoms with van der Waals surface area (Å²) < 4.78 is 29.3. The largest absolute Gasteiger partial charge is 0.434 e. The third-order valence-electron chi connectivity index (χ3n) is 2.73. The molecule has 2 N–H and O–H groups in total. The molecule has 0 atom stereocenters. The summed E-state index contributed by atoms with van der Waals surface area (Å²) in [5.41, 5.74) is 1.62. The highest BCUT2D eigenvalue weighted by molar-refractivity contribution is 14.0. The maximum Gasteiger partial charge on any atom is 0.387 e. The normalized spacial score (nSPS) is 11.1. The molecule has 0 unspecified atom stereocenters. The Bertz CT molecular complexity index is 470. The topological polar surface area (TPSA) is 45.7 Å². The number of benzene rings is 1. The first-order chi connectivity index (χ1) is 10.1. The van der Waals surface area contributed by atoms with Gasteiger partial charge in [-0.15, -0.1) is 24.0 Å². The van der Waals surface area contributed by atoms with Gasteiger partial charge in [-0.05, 0) is 26.3 Å². The first-order valence-corrected chi connectivity index (χ1v) is 7.13. The van der Waals surface area contributed by atoms with Crippen LogP contribution in [-0.4, -0.2) is 25.7 Å². The summed E-state index contributed by atoms with van der Waals surface area (Å²) in [6, 6.07) is 5.11. The van der Waals surface area contributed by atoms with Crippen LogP contribution in [0.5, 0.6) is 5.75 Å². The summed E-state index contributed by atoms with van der Waals surface area (Å²) in [4.78, 5) is 4.40. The molecular weight excluding hydrogens is 403 g/mol. The lowest BCUT2D eigenvalue weighted by Gasteiger charge is -2.12. The molecular formula is C15H24F2IN3O. The van der Waals surface area contributed by atoms with Crippen molar-refractivity contribution in [3.63, 3.8) is 0 Å². The second-order valence-electron chi connectivity index (χ2n) is 4.61. The molecule has 0 aliphatic rings. The van der Waals surface area contributed by atoms with Crippen LogP contribution in [0.25, 0.3) is 0 Å². The molecule has 126 valence electrons. The van der Waals surface area contributed by atoms with Crippen molar-refractivity contribution in [1.82, 2.24) is 10.6 Å². The van der Waals surface area contributed by atoms with Crippen molar-refractivity contribution in [2.75, 3.05) is 13.1 Å². The van der Waals surface area contributed by atoms with Crippen LogP contribution in [0, 0.1) is 6.92 Å². The van der Waals surface area contributed by atoms with Crippen LogP contribution in [0.15, 0.2) is 23.2 Å². The van der Waals surface area contributed by atoms with Gasteiger partial charge < -0.3 is 15.4 Å². The molecule has 1 aromatic rings. The van der Waals surface area contributed by atoms with Gasteiger partial charge in [-0.2, -0.15) is 8.78 Å². The summed E-state index contributed by atoms with van der Waals surface area (Å²) in [6.45, 7) is 4.93. The Hall–Kier alpha value is -1.12. The highest BCUT2D eigenvalue weighted by Gasteiger charge is 2.09. The number of alkyl halides is 2. The molecule has 0 bridgehead atoms. The molecule has 1 aromatic carbocycles. The standard InChI is InChI=1S/C15H23F2N3O.HI/c1-4-8-19-15(18-5-2)20-10-12-9-11(3)6-7-13(12)21-14(16)17;/h6-7,9,14H,4-5,8,10H2,1-3H3,(H2,18,19,20);1H. The quantitative estimate of drug-likeness (QED) is 0.397. The Morgan fingerprint density at radius 3 is 2.59 bits per heavy atom. The van der Waals surface area contributed by atoms with Gasteiger partial charge in [0.15, 0.2) is 5.96 Å². The third-order valence-corrected chi connectivity index (χ3v) is 2.73. The maximum absolute atomic E-state index is 12.4. The fraction of sp³-hybridized carbons (Fsp3) is 0.533. The number of guanidine groups is 1. The van der Waals surface area contributed by atoms with Crippen LogP contribution in [0.4, 0.5) is 8.78 Å². The van der Waals surface area contributed by atoms with Crippen LogP contribution < -0.4 is 15.4 Å². The van der Waals surface area contributed by atoms with Crippen LogP contribution in [0.1, 0.15) is 31.4 Å². The molecule has 0 aromatic heterocycles. The molecule has 0 spiro atoms. The van der Waals surface area contributed by atoms with Crippen molar-refractivity contribution < 1.29 is 13.5 Å². The van der Waals surface area contributed by atoms with E-state index in [1.54, 1.807) is 12.1 Å². The number of aliphatic imine (C=N–C) groups is 1. The van der Waals surface area contributed by atoms with Crippen molar-refractivity contribution in [2.45, 2.75) is 40.3 Å². The Kier molecular flexibility index (Phi) is 10.9. The van der Waals surface area contributed by atoms with E-state index in [4.69, 9.17) is 0 Å². The van der Waals surface area contributed by atoms with Gasteiger partial charge in [0.2, 0.25) is 0 Å². The molecule has 0 aliphatic heterocycles. The molecule has 0 heterocycles. The van der Waals surface area contributed by atoms with E-state index < -0.39 is 6.61 Å². The predicted octanol–water partition coefficient (Wildman–Crippen LogP) is 3.68. The molecule has 7 heteroatoms. The lowest BCUT2D eigenvalue weighted by molar-refractivity contribution is -0.0504. The average molecular weight is 427 g/mol. The van der Waals surface area contributed by atoms with Crippen molar-refractivity contribution in [3.05, 3.63) is 29.3 Å². The van der Waals surface area contributed by atoms with E-state index in [1.165, 1.54) is 0 Å². The second kappa shape index (κ2) is 11.4. The fourth-order valence-corrected chi connectivity index (χ4v) is 1.79. The van der Waals surface area contributed by atoms with E-state index in [0.29, 0.717) is 11.5 Å². The Morgan fingerprint density at radius 2 is 2.00 bits per heavy atom. The highest BCUT2D eigenvalue weighted by Crippen LogP contribution is 2.22. The van der Waals surface area contributed by atoms with Gasteiger partial charge in [-0.25, -0.2) is 4.99 Å². The van der Waals surface area contributed by atoms with Crippen LogP contribution >= 0.6 is 24.0 Å². The van der Waals surface area contributed by atoms with E-state index in [1.807, 2.05) is 19.9 Å². The van der Waals surface area contributed by atoms with E-state index >= 15 is 0 Å². The van der Waals surface area contributed by atoms with Gasteiger partial charge in [-0.3, -0.25) is 0 Å². The van der Waals surface area contributed by atoms with Crippen molar-refractivity contribution >= 4 is 29.9 Å². The summed E-state index contributed by atoms with van der Waals surface area (Å²) >= 11 is 0. The number of aryl methyl sites for hydroxylation is 1. The SMILES string of the molecule is CCCNC(=NCc1cc(C)ccc1OC(F)F)NCC.I. The van der Waals surface area contributed by atoms with Gasteiger partial charge in [0.05, 0.1) is 6.54 Å². The lowest BCUT2D eigenvalue weighted by Crippen LogP contribution is -2.37. The molecule has 0 radical (unpaired) electrons. The zero-order valence-corrected chi connectivity index (χ0v) is 15.5. The van der Waals surface area contributed by atoms with Gasteiger partial charge in [0.25, 0.3) is 0 Å². The zero-order valence-electron chi connectivity index (χ0n) is 13.2. The van der Waals surface area contributed by atoms with E-state index in [0.717, 1.165) is 25.1 Å². The molecule has 1 rings (SSSR count). The Labute approximate surface area is 147 Å². The van der Waals surface area contributed by atoms with E-state index in [-0.39, 0.29) is 36.3 Å². The number of ether oxygens (including phenoxy) is 1. The molecule has 0 aliphatic carbocycles. The number of halogens is 3. The monoisotopic (exact) mass is 427 g/mol. The number of hydrogen-bond acceptors (Lipinski definition) is 2. The molecule has 22 heavy (non-hydrogen) atoms. The van der Waals surface area contributed by atoms with Crippen molar-refractivity contribution in [3.8, 4) is 5.75 Å². The zero-order chi connectivity index (χ0) is 15.7. The van der Waals surface area contributed by atoms with Crippen LogP contribution in [-0.2, 0) is 6.54 Å². The molecule has 0 fully saturated rings. The van der Waals surface area contributed by atoms with E-state index in [9.17, 15) is 8.78 Å². The molecule has 0 amide bonds. The smallest absolute Gasteiger partial charge is 0.387 e. The van der Waals surface area contributed by atoms with Crippen LogP contribution in [0.2, 0.25) is 0 Å². The number of nitrogens with zero attached hydrogens (tertiary/aromatic N) is 1. The van der Waals surface area contributed by atoms with E-state index in [2.05, 4.69) is 27.3 Å². The summed E-state index contributed by atoms with van der Waals surface area (Å²) in [5.74, 6) is 0.842. The highest BCUT2D eigenvalue weighted by atomic mass is 127. The minimum Gasteiger partial charge on any atom is -0.434 e. The first kappa shape index (κ1) is 20.9. The second-order valence-corrected chi connectivity index (χ2v) is 4.61. The van der Waals surface area contributed by atoms with Crippen molar-refractivity contribution in [1.29, 1.82) is 0 Å². The maximum atomic E-state index is 12.4. The van der Waals surface area contributed by atoms with Gasteiger partial charge in [0.1, 0.15) is 5.75 Å². The summed E-state index contributed by atoms with van der Waals surface area (Å²) in [7, 11) is 0. The predicted molar refractivity (Wildman–Crippen MR) is 96.3 cm³/mol. The Morgan fingerprint density at radius 1 is 1.27 bits per heavy atom. The van der Waals surface area contributed by atoms with Gasteiger partial charge in [-0.1, -0.05) is 24.6 Å². The summed E-state index contributed by atoms with van der Waals surface area (Å²) in [6.07, 6.45) is 0.981. The minimum absolute atomic E-state index is 0. The number of hydrogen-bond donors (Lipinski definition) is 2. The molecule has 0 saturated heterocycles. The van der Waals surface area contributed by atoms with Crippen molar-refractivity contribution in [2.24, 2.45) is 4.99 Å².